The molecule has 0 aromatic carbocycles. The predicted molar refractivity (Wildman–Crippen MR) is 52.8 cm³/mol. The van der Waals surface area contributed by atoms with Gasteiger partial charge in [-0.15, -0.1) is 0 Å². The molecule has 0 amide bonds. The third kappa shape index (κ3) is 2.42. The Morgan fingerprint density at radius 1 is 1.38 bits per heavy atom. The van der Waals surface area contributed by atoms with E-state index in [9.17, 15) is 0 Å². The van der Waals surface area contributed by atoms with E-state index in [4.69, 9.17) is 4.74 Å². The molecule has 0 spiro atoms. The van der Waals surface area contributed by atoms with E-state index in [0.29, 0.717) is 6.10 Å². The van der Waals surface area contributed by atoms with Crippen LogP contribution in [-0.4, -0.2) is 38.9 Å². The van der Waals surface area contributed by atoms with Crippen LogP contribution in [0.25, 0.3) is 0 Å². The minimum atomic E-state index is 0.465. The van der Waals surface area contributed by atoms with E-state index in [1.165, 1.54) is 26.1 Å². The van der Waals surface area contributed by atoms with Gasteiger partial charge in [-0.1, -0.05) is 0 Å². The van der Waals surface area contributed by atoms with E-state index >= 15 is 0 Å². The van der Waals surface area contributed by atoms with E-state index < -0.39 is 0 Å². The highest BCUT2D eigenvalue weighted by atomic mass is 16.5. The molecular weight excluding hydrogens is 164 g/mol. The van der Waals surface area contributed by atoms with Crippen molar-refractivity contribution < 1.29 is 4.74 Å². The van der Waals surface area contributed by atoms with Gasteiger partial charge in [-0.3, -0.25) is 0 Å². The highest BCUT2D eigenvalue weighted by molar-refractivity contribution is 4.79. The molecule has 3 nitrogen and oxygen atoms in total. The Labute approximate surface area is 80.2 Å². The molecule has 2 atom stereocenters. The van der Waals surface area contributed by atoms with Gasteiger partial charge in [-0.2, -0.15) is 0 Å². The van der Waals surface area contributed by atoms with Crippen LogP contribution in [0.4, 0.5) is 0 Å². The Morgan fingerprint density at radius 3 is 2.77 bits per heavy atom. The average molecular weight is 184 g/mol. The van der Waals surface area contributed by atoms with Crippen molar-refractivity contribution in [2.24, 2.45) is 11.8 Å². The topological polar surface area (TPSA) is 33.3 Å². The number of rotatable bonds is 4. The van der Waals surface area contributed by atoms with Crippen molar-refractivity contribution in [3.05, 3.63) is 0 Å². The molecule has 2 N–H and O–H groups in total. The van der Waals surface area contributed by atoms with Crippen LogP contribution in [0.1, 0.15) is 13.3 Å². The first-order valence-corrected chi connectivity index (χ1v) is 5.39. The molecule has 0 aromatic rings. The lowest BCUT2D eigenvalue weighted by Crippen LogP contribution is -2.47. The van der Waals surface area contributed by atoms with Crippen LogP contribution in [0.2, 0.25) is 0 Å². The van der Waals surface area contributed by atoms with Crippen molar-refractivity contribution in [1.82, 2.24) is 10.6 Å². The highest BCUT2D eigenvalue weighted by Crippen LogP contribution is 2.19. The number of hydrogen-bond acceptors (Lipinski definition) is 3. The zero-order chi connectivity index (χ0) is 9.10. The second-order valence-electron chi connectivity index (χ2n) is 4.31. The lowest BCUT2D eigenvalue weighted by Gasteiger charge is -2.28. The van der Waals surface area contributed by atoms with Gasteiger partial charge in [0.2, 0.25) is 0 Å². The minimum Gasteiger partial charge on any atom is -0.378 e. The summed E-state index contributed by atoms with van der Waals surface area (Å²) in [4.78, 5) is 0. The molecular formula is C10H20N2O. The summed E-state index contributed by atoms with van der Waals surface area (Å²) in [5.41, 5.74) is 0. The molecule has 0 radical (unpaired) electrons. The molecule has 0 aromatic heterocycles. The number of ether oxygens (including phenoxy) is 1. The number of hydrogen-bond donors (Lipinski definition) is 2. The normalized spacial score (nSPS) is 34.8. The van der Waals surface area contributed by atoms with Crippen LogP contribution < -0.4 is 10.6 Å². The molecule has 2 fully saturated rings. The SMILES string of the molecule is CC1OCCC1CNCC1CNC1. The summed E-state index contributed by atoms with van der Waals surface area (Å²) in [5, 5.41) is 6.82. The summed E-state index contributed by atoms with van der Waals surface area (Å²) >= 11 is 0. The summed E-state index contributed by atoms with van der Waals surface area (Å²) in [7, 11) is 0. The zero-order valence-electron chi connectivity index (χ0n) is 8.38. The molecule has 2 rings (SSSR count). The third-order valence-corrected chi connectivity index (χ3v) is 3.24. The third-order valence-electron chi connectivity index (χ3n) is 3.24. The fourth-order valence-electron chi connectivity index (χ4n) is 2.01. The van der Waals surface area contributed by atoms with Gasteiger partial charge in [0.1, 0.15) is 0 Å². The standard InChI is InChI=1S/C10H20N2O/c1-8-10(2-3-13-8)7-12-6-9-4-11-5-9/h8-12H,2-7H2,1H3. The first-order chi connectivity index (χ1) is 6.36. The molecule has 2 saturated heterocycles. The molecule has 0 aliphatic carbocycles. The maximum absolute atomic E-state index is 5.51. The first kappa shape index (κ1) is 9.44. The molecule has 76 valence electrons. The minimum absolute atomic E-state index is 0.465. The molecule has 2 heterocycles. The smallest absolute Gasteiger partial charge is 0.0588 e. The average Bonchev–Trinajstić information content (AvgIpc) is 2.42. The van der Waals surface area contributed by atoms with E-state index in [1.807, 2.05) is 0 Å². The first-order valence-electron chi connectivity index (χ1n) is 5.39. The zero-order valence-corrected chi connectivity index (χ0v) is 8.38. The van der Waals surface area contributed by atoms with Crippen LogP contribution in [0, 0.1) is 11.8 Å². The maximum Gasteiger partial charge on any atom is 0.0588 e. The summed E-state index contributed by atoms with van der Waals surface area (Å²) in [6.07, 6.45) is 1.70. The van der Waals surface area contributed by atoms with Crippen molar-refractivity contribution in [3.8, 4) is 0 Å². The van der Waals surface area contributed by atoms with E-state index in [0.717, 1.165) is 25.0 Å². The van der Waals surface area contributed by atoms with Crippen LogP contribution in [0.5, 0.6) is 0 Å². The summed E-state index contributed by atoms with van der Waals surface area (Å²) in [6, 6.07) is 0. The Kier molecular flexibility index (Phi) is 3.19. The van der Waals surface area contributed by atoms with Crippen LogP contribution in [0.15, 0.2) is 0 Å². The van der Waals surface area contributed by atoms with Gasteiger partial charge >= 0.3 is 0 Å². The molecule has 13 heavy (non-hydrogen) atoms. The second kappa shape index (κ2) is 4.40. The van der Waals surface area contributed by atoms with Gasteiger partial charge in [-0.25, -0.2) is 0 Å². The fraction of sp³-hybridized carbons (Fsp3) is 1.00. The van der Waals surface area contributed by atoms with Gasteiger partial charge in [0.15, 0.2) is 0 Å². The van der Waals surface area contributed by atoms with Crippen molar-refractivity contribution >= 4 is 0 Å². The van der Waals surface area contributed by atoms with Crippen LogP contribution in [0.3, 0.4) is 0 Å². The summed E-state index contributed by atoms with van der Waals surface area (Å²) in [5.74, 6) is 1.62. The lowest BCUT2D eigenvalue weighted by atomic mass is 10.0. The molecule has 2 aliphatic heterocycles. The van der Waals surface area contributed by atoms with Crippen LogP contribution in [-0.2, 0) is 4.74 Å². The Balaban J connectivity index is 1.56. The fourth-order valence-corrected chi connectivity index (χ4v) is 2.01. The van der Waals surface area contributed by atoms with Gasteiger partial charge in [0.25, 0.3) is 0 Å². The van der Waals surface area contributed by atoms with Crippen molar-refractivity contribution in [2.75, 3.05) is 32.8 Å². The van der Waals surface area contributed by atoms with Gasteiger partial charge < -0.3 is 15.4 Å². The summed E-state index contributed by atoms with van der Waals surface area (Å²) in [6.45, 7) is 7.85. The summed E-state index contributed by atoms with van der Waals surface area (Å²) < 4.78 is 5.51. The Morgan fingerprint density at radius 2 is 2.23 bits per heavy atom. The van der Waals surface area contributed by atoms with Gasteiger partial charge in [0.05, 0.1) is 6.10 Å². The Bertz CT molecular complexity index is 159. The lowest BCUT2D eigenvalue weighted by molar-refractivity contribution is 0.105. The molecule has 3 heteroatoms. The molecule has 0 saturated carbocycles. The van der Waals surface area contributed by atoms with Crippen molar-refractivity contribution in [2.45, 2.75) is 19.4 Å². The van der Waals surface area contributed by atoms with Crippen LogP contribution >= 0.6 is 0 Å². The van der Waals surface area contributed by atoms with E-state index in [-0.39, 0.29) is 0 Å². The highest BCUT2D eigenvalue weighted by Gasteiger charge is 2.24. The quantitative estimate of drug-likeness (QED) is 0.656. The molecule has 2 unspecified atom stereocenters. The van der Waals surface area contributed by atoms with Gasteiger partial charge in [0, 0.05) is 32.8 Å². The van der Waals surface area contributed by atoms with Crippen molar-refractivity contribution in [3.63, 3.8) is 0 Å². The number of nitrogens with one attached hydrogen (secondary N) is 2. The predicted octanol–water partition coefficient (Wildman–Crippen LogP) is 0.220. The molecule has 0 bridgehead atoms. The largest absolute Gasteiger partial charge is 0.378 e. The van der Waals surface area contributed by atoms with E-state index in [2.05, 4.69) is 17.6 Å². The van der Waals surface area contributed by atoms with Gasteiger partial charge in [-0.05, 0) is 25.2 Å². The maximum atomic E-state index is 5.51. The van der Waals surface area contributed by atoms with Crippen molar-refractivity contribution in [1.29, 1.82) is 0 Å². The van der Waals surface area contributed by atoms with E-state index in [1.54, 1.807) is 0 Å². The molecule has 2 aliphatic rings. The monoisotopic (exact) mass is 184 g/mol. The Hall–Kier alpha value is -0.120. The second-order valence-corrected chi connectivity index (χ2v) is 4.31.